The van der Waals surface area contributed by atoms with Gasteiger partial charge >= 0.3 is 0 Å². The maximum atomic E-state index is 12.4. The fraction of sp³-hybridized carbons (Fsp3) is 0.389. The van der Waals surface area contributed by atoms with E-state index in [0.717, 1.165) is 22.5 Å². The van der Waals surface area contributed by atoms with Gasteiger partial charge in [-0.2, -0.15) is 0 Å². The molecule has 0 radical (unpaired) electrons. The molecule has 0 fully saturated rings. The zero-order valence-corrected chi connectivity index (χ0v) is 17.0. The van der Waals surface area contributed by atoms with E-state index < -0.39 is 5.41 Å². The third-order valence-electron chi connectivity index (χ3n) is 4.54. The van der Waals surface area contributed by atoms with Crippen LogP contribution >= 0.6 is 27.3 Å². The van der Waals surface area contributed by atoms with Crippen LogP contribution in [-0.4, -0.2) is 28.7 Å². The number of carbonyl (C=O) groups excluding carboxylic acids is 2. The van der Waals surface area contributed by atoms with Crippen LogP contribution in [0.3, 0.4) is 0 Å². The molecule has 2 aromatic rings. The summed E-state index contributed by atoms with van der Waals surface area (Å²) in [5.74, 6) is -0.000448. The molecule has 1 aliphatic heterocycles. The van der Waals surface area contributed by atoms with Crippen molar-refractivity contribution in [1.82, 2.24) is 4.98 Å². The van der Waals surface area contributed by atoms with Gasteiger partial charge in [-0.25, -0.2) is 4.98 Å². The zero-order valence-electron chi connectivity index (χ0n) is 14.6. The molecule has 0 aliphatic carbocycles. The quantitative estimate of drug-likeness (QED) is 0.753. The second-order valence-electron chi connectivity index (χ2n) is 6.62. The van der Waals surface area contributed by atoms with E-state index in [9.17, 15) is 9.59 Å². The lowest BCUT2D eigenvalue weighted by molar-refractivity contribution is -0.121. The monoisotopic (exact) mass is 421 g/mol. The lowest BCUT2D eigenvalue weighted by atomic mass is 9.85. The maximum absolute atomic E-state index is 12.4. The highest BCUT2D eigenvalue weighted by Crippen LogP contribution is 2.42. The van der Waals surface area contributed by atoms with Crippen LogP contribution in [0.1, 0.15) is 32.8 Å². The second kappa shape index (κ2) is 6.53. The number of thiazole rings is 1. The highest BCUT2D eigenvalue weighted by Gasteiger charge is 2.42. The van der Waals surface area contributed by atoms with Crippen LogP contribution in [0.5, 0.6) is 0 Å². The van der Waals surface area contributed by atoms with E-state index in [2.05, 4.69) is 26.2 Å². The Bertz CT molecular complexity index is 847. The van der Waals surface area contributed by atoms with Crippen LogP contribution in [0.25, 0.3) is 11.3 Å². The van der Waals surface area contributed by atoms with Crippen molar-refractivity contribution in [3.05, 3.63) is 29.1 Å². The number of carbonyl (C=O) groups is 2. The number of halogens is 1. The predicted octanol–water partition coefficient (Wildman–Crippen LogP) is 4.18. The second-order valence-corrected chi connectivity index (χ2v) is 8.59. The van der Waals surface area contributed by atoms with Gasteiger partial charge in [0.25, 0.3) is 0 Å². The fourth-order valence-electron chi connectivity index (χ4n) is 2.97. The number of likely N-dealkylation sites (N-methyl/N-ethyl adjacent to an activating group) is 1. The number of hydrogen-bond donors (Lipinski definition) is 1. The number of alkyl halides is 1. The fourth-order valence-corrected chi connectivity index (χ4v) is 3.80. The molecule has 25 heavy (non-hydrogen) atoms. The van der Waals surface area contributed by atoms with Crippen LogP contribution in [-0.2, 0) is 15.0 Å². The Kier molecular flexibility index (Phi) is 4.72. The van der Waals surface area contributed by atoms with Gasteiger partial charge in [-0.1, -0.05) is 28.9 Å². The summed E-state index contributed by atoms with van der Waals surface area (Å²) in [7, 11) is 1.80. The molecule has 2 heterocycles. The van der Waals surface area contributed by atoms with E-state index in [1.807, 2.05) is 44.4 Å². The lowest BCUT2D eigenvalue weighted by Crippen LogP contribution is -2.33. The van der Waals surface area contributed by atoms with Gasteiger partial charge in [0.2, 0.25) is 11.8 Å². The summed E-state index contributed by atoms with van der Waals surface area (Å²) in [4.78, 5) is 30.4. The van der Waals surface area contributed by atoms with Crippen LogP contribution in [0.2, 0.25) is 0 Å². The van der Waals surface area contributed by atoms with Crippen LogP contribution < -0.4 is 10.2 Å². The van der Waals surface area contributed by atoms with Crippen molar-refractivity contribution in [3.63, 3.8) is 0 Å². The van der Waals surface area contributed by atoms with Gasteiger partial charge in [-0.15, -0.1) is 11.3 Å². The van der Waals surface area contributed by atoms with E-state index in [1.54, 1.807) is 11.9 Å². The normalized spacial score (nSPS) is 16.7. The highest BCUT2D eigenvalue weighted by atomic mass is 79.9. The molecule has 3 rings (SSSR count). The van der Waals surface area contributed by atoms with Gasteiger partial charge in [0.1, 0.15) is 0 Å². The van der Waals surface area contributed by atoms with Gasteiger partial charge in [0.05, 0.1) is 15.9 Å². The van der Waals surface area contributed by atoms with Crippen molar-refractivity contribution in [1.29, 1.82) is 0 Å². The number of amides is 2. The highest BCUT2D eigenvalue weighted by molar-refractivity contribution is 9.10. The molecule has 0 bridgehead atoms. The lowest BCUT2D eigenvalue weighted by Gasteiger charge is -2.16. The van der Waals surface area contributed by atoms with Crippen molar-refractivity contribution in [3.8, 4) is 11.3 Å². The SMILES string of the molecule is CCC(Br)C(=O)Nc1nc(-c2ccc3c(c2)C(C)(C)C(=O)N3C)cs1. The number of fused-ring (bicyclic) bond motifs is 1. The minimum atomic E-state index is -0.544. The van der Waals surface area contributed by atoms with Gasteiger partial charge in [0.15, 0.2) is 5.13 Å². The summed E-state index contributed by atoms with van der Waals surface area (Å²) in [6, 6.07) is 5.95. The average Bonchev–Trinajstić information content (AvgIpc) is 3.12. The van der Waals surface area contributed by atoms with Gasteiger partial charge in [-0.05, 0) is 38.0 Å². The summed E-state index contributed by atoms with van der Waals surface area (Å²) >= 11 is 4.73. The summed E-state index contributed by atoms with van der Waals surface area (Å²) in [6.45, 7) is 5.82. The number of anilines is 2. The topological polar surface area (TPSA) is 62.3 Å². The summed E-state index contributed by atoms with van der Waals surface area (Å²) in [5.41, 5.74) is 3.13. The Labute approximate surface area is 159 Å². The minimum absolute atomic E-state index is 0.0915. The summed E-state index contributed by atoms with van der Waals surface area (Å²) in [6.07, 6.45) is 0.714. The summed E-state index contributed by atoms with van der Waals surface area (Å²) < 4.78 is 0. The van der Waals surface area contributed by atoms with E-state index >= 15 is 0 Å². The number of hydrogen-bond acceptors (Lipinski definition) is 4. The molecule has 0 saturated heterocycles. The zero-order chi connectivity index (χ0) is 18.4. The Morgan fingerprint density at radius 1 is 1.44 bits per heavy atom. The standard InChI is InChI=1S/C18H20BrN3O2S/c1-5-12(19)15(23)21-17-20-13(9-25-17)10-6-7-14-11(8-10)18(2,3)16(24)22(14)4/h6-9,12H,5H2,1-4H3,(H,20,21,23). The van der Waals surface area contributed by atoms with Crippen molar-refractivity contribution in [2.45, 2.75) is 37.4 Å². The first-order chi connectivity index (χ1) is 11.8. The molecular weight excluding hydrogens is 402 g/mol. The number of nitrogens with one attached hydrogen (secondary N) is 1. The molecule has 1 aromatic heterocycles. The molecule has 5 nitrogen and oxygen atoms in total. The van der Waals surface area contributed by atoms with Crippen molar-refractivity contribution >= 4 is 49.9 Å². The molecule has 0 spiro atoms. The third kappa shape index (κ3) is 3.11. The summed E-state index contributed by atoms with van der Waals surface area (Å²) in [5, 5.41) is 5.32. The maximum Gasteiger partial charge on any atom is 0.239 e. The van der Waals surface area contributed by atoms with Crippen molar-refractivity contribution < 1.29 is 9.59 Å². The van der Waals surface area contributed by atoms with E-state index in [-0.39, 0.29) is 16.6 Å². The first-order valence-corrected chi connectivity index (χ1v) is 9.88. The number of nitrogens with zero attached hydrogens (tertiary/aromatic N) is 2. The number of benzene rings is 1. The molecule has 1 atom stereocenters. The Morgan fingerprint density at radius 2 is 2.16 bits per heavy atom. The number of aromatic nitrogens is 1. The van der Waals surface area contributed by atoms with E-state index in [1.165, 1.54) is 11.3 Å². The molecular formula is C18H20BrN3O2S. The molecule has 132 valence electrons. The molecule has 1 unspecified atom stereocenters. The van der Waals surface area contributed by atoms with Gasteiger partial charge in [0, 0.05) is 23.7 Å². The van der Waals surface area contributed by atoms with E-state index in [0.29, 0.717) is 11.6 Å². The first kappa shape index (κ1) is 18.1. The Balaban J connectivity index is 1.89. The third-order valence-corrected chi connectivity index (χ3v) is 6.36. The molecule has 1 aliphatic rings. The van der Waals surface area contributed by atoms with Crippen LogP contribution in [0.4, 0.5) is 10.8 Å². The average molecular weight is 422 g/mol. The Morgan fingerprint density at radius 3 is 2.84 bits per heavy atom. The largest absolute Gasteiger partial charge is 0.314 e. The van der Waals surface area contributed by atoms with Gasteiger partial charge < -0.3 is 10.2 Å². The van der Waals surface area contributed by atoms with Crippen LogP contribution in [0, 0.1) is 0 Å². The smallest absolute Gasteiger partial charge is 0.239 e. The molecule has 0 saturated carbocycles. The molecule has 1 aromatic carbocycles. The first-order valence-electron chi connectivity index (χ1n) is 8.09. The Hall–Kier alpha value is -1.73. The van der Waals surface area contributed by atoms with Gasteiger partial charge in [-0.3, -0.25) is 9.59 Å². The minimum Gasteiger partial charge on any atom is -0.314 e. The van der Waals surface area contributed by atoms with Crippen molar-refractivity contribution in [2.75, 3.05) is 17.3 Å². The predicted molar refractivity (Wildman–Crippen MR) is 106 cm³/mol. The molecule has 2 amide bonds. The molecule has 7 heteroatoms. The molecule has 1 N–H and O–H groups in total. The van der Waals surface area contributed by atoms with Crippen LogP contribution in [0.15, 0.2) is 23.6 Å². The van der Waals surface area contributed by atoms with E-state index in [4.69, 9.17) is 0 Å². The number of rotatable bonds is 4. The van der Waals surface area contributed by atoms with Crippen molar-refractivity contribution in [2.24, 2.45) is 0 Å².